The first-order valence-corrected chi connectivity index (χ1v) is 13.7. The molecule has 10 heteroatoms. The Labute approximate surface area is 181 Å². The molecule has 1 N–H and O–H groups in total. The van der Waals surface area contributed by atoms with Gasteiger partial charge in [-0.1, -0.05) is 33.4 Å². The fourth-order valence-electron chi connectivity index (χ4n) is 2.62. The van der Waals surface area contributed by atoms with Gasteiger partial charge in [-0.05, 0) is 42.4 Å². The molecule has 0 fully saturated rings. The zero-order valence-corrected chi connectivity index (χ0v) is 19.7. The van der Waals surface area contributed by atoms with E-state index >= 15 is 0 Å². The Morgan fingerprint density at radius 3 is 2.45 bits per heavy atom. The lowest BCUT2D eigenvalue weighted by Crippen LogP contribution is -2.44. The Bertz CT molecular complexity index is 1260. The number of nitrogens with zero attached hydrogens (tertiary/aromatic N) is 1. The van der Waals surface area contributed by atoms with E-state index < -0.39 is 24.5 Å². The Morgan fingerprint density at radius 1 is 1.23 bits per heavy atom. The number of fused-ring (bicyclic) bond motifs is 1. The molecule has 0 spiro atoms. The van der Waals surface area contributed by atoms with Crippen molar-refractivity contribution in [1.29, 1.82) is 0 Å². The zero-order chi connectivity index (χ0) is 23.2. The summed E-state index contributed by atoms with van der Waals surface area (Å²) in [6, 6.07) is 7.07. The Morgan fingerprint density at radius 2 is 1.90 bits per heavy atom. The first kappa shape index (κ1) is 23.0. The van der Waals surface area contributed by atoms with Crippen molar-refractivity contribution in [3.8, 4) is 23.0 Å². The molecule has 1 aromatic heterocycles. The highest BCUT2D eigenvalue weighted by atomic mass is 32.3. The highest BCUT2D eigenvalue weighted by Gasteiger charge is 2.39. The van der Waals surface area contributed by atoms with Gasteiger partial charge in [0.2, 0.25) is 5.89 Å². The van der Waals surface area contributed by atoms with Crippen molar-refractivity contribution < 1.29 is 30.4 Å². The van der Waals surface area contributed by atoms with Gasteiger partial charge in [-0.15, -0.1) is 0 Å². The van der Waals surface area contributed by atoms with Crippen LogP contribution in [0, 0.1) is 5.82 Å². The number of oxazole rings is 1. The first-order chi connectivity index (χ1) is 14.2. The number of hydrogen-bond donors (Lipinski definition) is 1. The van der Waals surface area contributed by atoms with Gasteiger partial charge in [0, 0.05) is 17.2 Å². The van der Waals surface area contributed by atoms with E-state index in [1.165, 1.54) is 24.3 Å². The van der Waals surface area contributed by atoms with Gasteiger partial charge in [-0.3, -0.25) is 4.55 Å². The van der Waals surface area contributed by atoms with E-state index in [1.54, 1.807) is 12.1 Å². The number of halogens is 1. The average molecular weight is 466 g/mol. The molecule has 0 unspecified atom stereocenters. The van der Waals surface area contributed by atoms with Crippen molar-refractivity contribution in [2.75, 3.05) is 0 Å². The quantitative estimate of drug-likeness (QED) is 0.360. The molecule has 0 aliphatic heterocycles. The van der Waals surface area contributed by atoms with Gasteiger partial charge in [0.05, 0.1) is 0 Å². The smallest absolute Gasteiger partial charge is 0.446 e. The molecule has 166 valence electrons. The summed E-state index contributed by atoms with van der Waals surface area (Å²) in [5.74, 6) is -0.403. The molecule has 1 heterocycles. The van der Waals surface area contributed by atoms with E-state index in [1.807, 2.05) is 13.1 Å². The molecule has 0 aliphatic rings. The molecular formula is C21H24FNO6SSi. The second kappa shape index (κ2) is 7.77. The number of benzene rings is 2. The number of aromatic nitrogens is 1. The van der Waals surface area contributed by atoms with Gasteiger partial charge in [0.25, 0.3) is 8.32 Å². The van der Waals surface area contributed by atoms with E-state index in [0.29, 0.717) is 16.7 Å². The third-order valence-electron chi connectivity index (χ3n) is 5.26. The summed E-state index contributed by atoms with van der Waals surface area (Å²) in [5, 5.41) is -0.0820. The number of hydrogen-bond acceptors (Lipinski definition) is 6. The minimum Gasteiger partial charge on any atom is -0.542 e. The second-order valence-corrected chi connectivity index (χ2v) is 14.3. The molecule has 31 heavy (non-hydrogen) atoms. The molecule has 0 radical (unpaired) electrons. The van der Waals surface area contributed by atoms with Crippen LogP contribution in [0.4, 0.5) is 4.39 Å². The summed E-state index contributed by atoms with van der Waals surface area (Å²) in [4.78, 5) is 4.30. The normalized spacial score (nSPS) is 12.7. The molecule has 2 aromatic carbocycles. The molecule has 0 saturated heterocycles. The van der Waals surface area contributed by atoms with Crippen LogP contribution in [0.15, 0.2) is 41.3 Å². The van der Waals surface area contributed by atoms with Crippen molar-refractivity contribution in [2.45, 2.75) is 38.9 Å². The minimum atomic E-state index is -4.71. The fourth-order valence-corrected chi connectivity index (χ4v) is 3.98. The summed E-state index contributed by atoms with van der Waals surface area (Å²) >= 11 is 0. The lowest BCUT2D eigenvalue weighted by Gasteiger charge is -2.36. The highest BCUT2D eigenvalue weighted by Crippen LogP contribution is 2.39. The van der Waals surface area contributed by atoms with Gasteiger partial charge in [0.15, 0.2) is 11.4 Å². The Kier molecular flexibility index (Phi) is 5.76. The molecule has 0 aliphatic carbocycles. The van der Waals surface area contributed by atoms with Gasteiger partial charge in [0.1, 0.15) is 17.0 Å². The van der Waals surface area contributed by atoms with E-state index in [0.717, 1.165) is 0 Å². The molecule has 7 nitrogen and oxygen atoms in total. The van der Waals surface area contributed by atoms with E-state index in [4.69, 9.17) is 13.4 Å². The minimum absolute atomic E-state index is 0.0820. The van der Waals surface area contributed by atoms with Crippen LogP contribution in [0.1, 0.15) is 26.3 Å². The molecule has 0 atom stereocenters. The Balaban J connectivity index is 2.00. The second-order valence-electron chi connectivity index (χ2n) is 8.60. The van der Waals surface area contributed by atoms with Gasteiger partial charge >= 0.3 is 10.4 Å². The van der Waals surface area contributed by atoms with Crippen molar-refractivity contribution in [2.24, 2.45) is 0 Å². The molecule has 0 amide bonds. The highest BCUT2D eigenvalue weighted by molar-refractivity contribution is 7.81. The van der Waals surface area contributed by atoms with Crippen LogP contribution in [0.25, 0.3) is 28.6 Å². The van der Waals surface area contributed by atoms with E-state index in [-0.39, 0.29) is 27.9 Å². The van der Waals surface area contributed by atoms with E-state index in [2.05, 4.69) is 36.5 Å². The van der Waals surface area contributed by atoms with Gasteiger partial charge in [-0.25, -0.2) is 9.37 Å². The largest absolute Gasteiger partial charge is 0.542 e. The van der Waals surface area contributed by atoms with Gasteiger partial charge < -0.3 is 13.0 Å². The maximum atomic E-state index is 14.8. The van der Waals surface area contributed by atoms with Crippen LogP contribution in [0.2, 0.25) is 18.1 Å². The van der Waals surface area contributed by atoms with Crippen LogP contribution in [0.5, 0.6) is 11.5 Å². The number of rotatable bonds is 6. The van der Waals surface area contributed by atoms with Crippen LogP contribution >= 0.6 is 0 Å². The zero-order valence-electron chi connectivity index (χ0n) is 17.9. The SMILES string of the molecule is C=Cc1cc(OS(=O)(=O)O)cc2nc(-c3ccc(O[Si](C)(C)C(C)(C)C)c(F)c3)oc12. The van der Waals surface area contributed by atoms with Crippen molar-refractivity contribution >= 4 is 35.9 Å². The standard InChI is InChI=1S/C21H24FNO6SSi/c1-7-13-10-15(28-30(24,25)26)12-17-19(13)27-20(23-17)14-8-9-18(16(22)11-14)29-31(5,6)21(2,3)4/h7-12H,1H2,2-6H3,(H,24,25,26). The third-order valence-corrected chi connectivity index (χ3v) is 10.0. The molecule has 3 rings (SSSR count). The third kappa shape index (κ3) is 4.97. The predicted molar refractivity (Wildman–Crippen MR) is 119 cm³/mol. The molecular weight excluding hydrogens is 441 g/mol. The van der Waals surface area contributed by atoms with Crippen molar-refractivity contribution in [1.82, 2.24) is 4.98 Å². The summed E-state index contributed by atoms with van der Waals surface area (Å²) in [6.45, 7) is 13.9. The maximum absolute atomic E-state index is 14.8. The van der Waals surface area contributed by atoms with Crippen LogP contribution in [0.3, 0.4) is 0 Å². The lowest BCUT2D eigenvalue weighted by atomic mass is 10.2. The topological polar surface area (TPSA) is 98.9 Å². The van der Waals surface area contributed by atoms with Crippen LogP contribution < -0.4 is 8.61 Å². The van der Waals surface area contributed by atoms with Crippen LogP contribution in [-0.2, 0) is 10.4 Å². The summed E-state index contributed by atoms with van der Waals surface area (Å²) < 4.78 is 62.0. The van der Waals surface area contributed by atoms with Crippen molar-refractivity contribution in [3.05, 3.63) is 48.3 Å². The summed E-state index contributed by atoms with van der Waals surface area (Å²) in [7, 11) is -6.92. The predicted octanol–water partition coefficient (Wildman–Crippen LogP) is 5.84. The Hall–Kier alpha value is -2.69. The summed E-state index contributed by atoms with van der Waals surface area (Å²) in [6.07, 6.45) is 1.42. The summed E-state index contributed by atoms with van der Waals surface area (Å²) in [5.41, 5.74) is 1.35. The molecule has 0 bridgehead atoms. The lowest BCUT2D eigenvalue weighted by molar-refractivity contribution is 0.387. The molecule has 0 saturated carbocycles. The first-order valence-electron chi connectivity index (χ1n) is 9.43. The fraction of sp³-hybridized carbons (Fsp3) is 0.286. The van der Waals surface area contributed by atoms with Crippen molar-refractivity contribution in [3.63, 3.8) is 0 Å². The monoisotopic (exact) mass is 465 g/mol. The van der Waals surface area contributed by atoms with E-state index in [9.17, 15) is 12.8 Å². The average Bonchev–Trinajstić information content (AvgIpc) is 3.04. The maximum Gasteiger partial charge on any atom is 0.446 e. The molecule has 3 aromatic rings. The van der Waals surface area contributed by atoms with Gasteiger partial charge in [-0.2, -0.15) is 8.42 Å². The van der Waals surface area contributed by atoms with Crippen LogP contribution in [-0.4, -0.2) is 26.3 Å².